The fraction of sp³-hybridized carbons (Fsp3) is 0.400. The van der Waals surface area contributed by atoms with E-state index in [4.69, 9.17) is 4.74 Å². The summed E-state index contributed by atoms with van der Waals surface area (Å²) in [5.74, 6) is 1.19. The van der Waals surface area contributed by atoms with Crippen molar-refractivity contribution in [2.24, 2.45) is 0 Å². The zero-order valence-electron chi connectivity index (χ0n) is 16.7. The third-order valence-electron chi connectivity index (χ3n) is 4.61. The van der Waals surface area contributed by atoms with Gasteiger partial charge in [0.25, 0.3) is 5.56 Å². The van der Waals surface area contributed by atoms with E-state index >= 15 is 0 Å². The molecule has 148 valence electrons. The number of nitrogens with zero attached hydrogens (tertiary/aromatic N) is 5. The zero-order chi connectivity index (χ0) is 20.3. The minimum atomic E-state index is -0.343. The molecule has 2 aromatic heterocycles. The van der Waals surface area contributed by atoms with E-state index in [1.165, 1.54) is 15.3 Å². The SMILES string of the molecule is CCn1c(=O)n(CCCN(C)C)c(=O)c2cnc(-c3ccc(OC)cc3)nc21. The van der Waals surface area contributed by atoms with Crippen LogP contribution >= 0.6 is 0 Å². The van der Waals surface area contributed by atoms with Crippen molar-refractivity contribution in [3.63, 3.8) is 0 Å². The van der Waals surface area contributed by atoms with E-state index in [0.717, 1.165) is 17.9 Å². The molecule has 28 heavy (non-hydrogen) atoms. The molecule has 0 fully saturated rings. The quantitative estimate of drug-likeness (QED) is 0.616. The van der Waals surface area contributed by atoms with E-state index in [1.807, 2.05) is 50.2 Å². The summed E-state index contributed by atoms with van der Waals surface area (Å²) in [6, 6.07) is 7.32. The molecule has 2 heterocycles. The topological polar surface area (TPSA) is 82.2 Å². The molecule has 0 saturated carbocycles. The van der Waals surface area contributed by atoms with Crippen molar-refractivity contribution in [3.8, 4) is 17.1 Å². The van der Waals surface area contributed by atoms with Crippen molar-refractivity contribution in [2.45, 2.75) is 26.4 Å². The van der Waals surface area contributed by atoms with Gasteiger partial charge in [0.1, 0.15) is 11.1 Å². The number of methoxy groups -OCH3 is 1. The second-order valence-corrected chi connectivity index (χ2v) is 6.80. The summed E-state index contributed by atoms with van der Waals surface area (Å²) in [6.07, 6.45) is 2.22. The predicted molar refractivity (Wildman–Crippen MR) is 109 cm³/mol. The van der Waals surface area contributed by atoms with Gasteiger partial charge < -0.3 is 9.64 Å². The molecule has 0 spiro atoms. The molecule has 0 unspecified atom stereocenters. The fourth-order valence-corrected chi connectivity index (χ4v) is 3.10. The van der Waals surface area contributed by atoms with E-state index in [1.54, 1.807) is 7.11 Å². The van der Waals surface area contributed by atoms with Crippen LogP contribution in [0.1, 0.15) is 13.3 Å². The minimum Gasteiger partial charge on any atom is -0.497 e. The van der Waals surface area contributed by atoms with Gasteiger partial charge in [-0.2, -0.15) is 0 Å². The number of aryl methyl sites for hydroxylation is 1. The molecule has 8 nitrogen and oxygen atoms in total. The summed E-state index contributed by atoms with van der Waals surface area (Å²) >= 11 is 0. The van der Waals surface area contributed by atoms with Crippen molar-refractivity contribution in [2.75, 3.05) is 27.7 Å². The van der Waals surface area contributed by atoms with Crippen LogP contribution in [0.2, 0.25) is 0 Å². The van der Waals surface area contributed by atoms with E-state index in [-0.39, 0.29) is 11.2 Å². The normalized spacial score (nSPS) is 11.3. The maximum Gasteiger partial charge on any atom is 0.332 e. The fourth-order valence-electron chi connectivity index (χ4n) is 3.10. The first kappa shape index (κ1) is 19.8. The Morgan fingerprint density at radius 1 is 1.11 bits per heavy atom. The lowest BCUT2D eigenvalue weighted by Gasteiger charge is -2.14. The van der Waals surface area contributed by atoms with Crippen LogP contribution in [0.3, 0.4) is 0 Å². The number of hydrogen-bond donors (Lipinski definition) is 0. The van der Waals surface area contributed by atoms with Gasteiger partial charge in [-0.25, -0.2) is 14.8 Å². The van der Waals surface area contributed by atoms with Crippen LogP contribution in [0.5, 0.6) is 5.75 Å². The van der Waals surface area contributed by atoms with Crippen LogP contribution in [-0.2, 0) is 13.1 Å². The third kappa shape index (κ3) is 3.82. The van der Waals surface area contributed by atoms with Gasteiger partial charge in [-0.1, -0.05) is 0 Å². The summed E-state index contributed by atoms with van der Waals surface area (Å²) in [6.45, 7) is 3.45. The van der Waals surface area contributed by atoms with Crippen LogP contribution in [0, 0.1) is 0 Å². The molecule has 0 saturated heterocycles. The largest absolute Gasteiger partial charge is 0.497 e. The van der Waals surface area contributed by atoms with Gasteiger partial charge in [0, 0.05) is 24.8 Å². The minimum absolute atomic E-state index is 0.335. The molecule has 8 heteroatoms. The summed E-state index contributed by atoms with van der Waals surface area (Å²) < 4.78 is 7.98. The number of fused-ring (bicyclic) bond motifs is 1. The first-order valence-electron chi connectivity index (χ1n) is 9.25. The van der Waals surface area contributed by atoms with Crippen LogP contribution in [0.15, 0.2) is 40.1 Å². The second kappa shape index (κ2) is 8.35. The van der Waals surface area contributed by atoms with Crippen LogP contribution in [0.4, 0.5) is 0 Å². The average molecular weight is 383 g/mol. The smallest absolute Gasteiger partial charge is 0.332 e. The first-order valence-corrected chi connectivity index (χ1v) is 9.25. The molecule has 3 rings (SSSR count). The number of aromatic nitrogens is 4. The standard InChI is InChI=1S/C20H25N5O3/c1-5-24-18-16(19(26)25(20(24)27)12-6-11-23(2)3)13-21-17(22-18)14-7-9-15(28-4)10-8-14/h7-10,13H,5-6,11-12H2,1-4H3. The Morgan fingerprint density at radius 2 is 1.82 bits per heavy atom. The zero-order valence-corrected chi connectivity index (χ0v) is 16.7. The van der Waals surface area contributed by atoms with Gasteiger partial charge in [-0.05, 0) is 58.3 Å². The molecule has 1 aromatic carbocycles. The van der Waals surface area contributed by atoms with Gasteiger partial charge in [0.05, 0.1) is 7.11 Å². The van der Waals surface area contributed by atoms with Gasteiger partial charge in [-0.15, -0.1) is 0 Å². The van der Waals surface area contributed by atoms with Gasteiger partial charge in [-0.3, -0.25) is 13.9 Å². The molecular weight excluding hydrogens is 358 g/mol. The van der Waals surface area contributed by atoms with E-state index in [2.05, 4.69) is 9.97 Å². The highest BCUT2D eigenvalue weighted by molar-refractivity contribution is 5.75. The van der Waals surface area contributed by atoms with Crippen LogP contribution in [-0.4, -0.2) is 51.8 Å². The highest BCUT2D eigenvalue weighted by Crippen LogP contribution is 2.20. The number of hydrogen-bond acceptors (Lipinski definition) is 6. The van der Waals surface area contributed by atoms with E-state index in [0.29, 0.717) is 36.4 Å². The third-order valence-corrected chi connectivity index (χ3v) is 4.61. The van der Waals surface area contributed by atoms with Crippen molar-refractivity contribution in [3.05, 3.63) is 51.3 Å². The molecule has 0 aliphatic heterocycles. The highest BCUT2D eigenvalue weighted by Gasteiger charge is 2.15. The number of benzene rings is 1. The Hall–Kier alpha value is -3.00. The molecule has 0 amide bonds. The number of ether oxygens (including phenoxy) is 1. The summed E-state index contributed by atoms with van der Waals surface area (Å²) in [4.78, 5) is 36.7. The maximum atomic E-state index is 12.9. The van der Waals surface area contributed by atoms with Crippen LogP contribution < -0.4 is 16.0 Å². The monoisotopic (exact) mass is 383 g/mol. The Labute approximate surface area is 163 Å². The van der Waals surface area contributed by atoms with E-state index in [9.17, 15) is 9.59 Å². The van der Waals surface area contributed by atoms with Crippen molar-refractivity contribution in [1.82, 2.24) is 24.0 Å². The Morgan fingerprint density at radius 3 is 2.43 bits per heavy atom. The first-order chi connectivity index (χ1) is 13.5. The molecule has 0 N–H and O–H groups in total. The molecule has 0 aliphatic carbocycles. The summed E-state index contributed by atoms with van der Waals surface area (Å²) in [5.41, 5.74) is 0.470. The highest BCUT2D eigenvalue weighted by atomic mass is 16.5. The van der Waals surface area contributed by atoms with Crippen molar-refractivity contribution < 1.29 is 4.74 Å². The summed E-state index contributed by atoms with van der Waals surface area (Å²) in [5, 5.41) is 0.351. The van der Waals surface area contributed by atoms with Gasteiger partial charge >= 0.3 is 5.69 Å². The second-order valence-electron chi connectivity index (χ2n) is 6.80. The Balaban J connectivity index is 2.10. The van der Waals surface area contributed by atoms with E-state index < -0.39 is 0 Å². The lowest BCUT2D eigenvalue weighted by molar-refractivity contribution is 0.381. The average Bonchev–Trinajstić information content (AvgIpc) is 2.70. The molecule has 3 aromatic rings. The maximum absolute atomic E-state index is 12.9. The lowest BCUT2D eigenvalue weighted by Crippen LogP contribution is -2.40. The van der Waals surface area contributed by atoms with Gasteiger partial charge in [0.15, 0.2) is 11.5 Å². The Bertz CT molecular complexity index is 1080. The molecule has 0 atom stereocenters. The predicted octanol–water partition coefficient (Wildman–Crippen LogP) is 1.60. The molecule has 0 radical (unpaired) electrons. The van der Waals surface area contributed by atoms with Crippen LogP contribution in [0.25, 0.3) is 22.4 Å². The van der Waals surface area contributed by atoms with Crippen molar-refractivity contribution in [1.29, 1.82) is 0 Å². The lowest BCUT2D eigenvalue weighted by atomic mass is 10.2. The Kier molecular flexibility index (Phi) is 5.89. The number of rotatable bonds is 7. The van der Waals surface area contributed by atoms with Crippen molar-refractivity contribution >= 4 is 11.0 Å². The summed E-state index contributed by atoms with van der Waals surface area (Å²) in [7, 11) is 5.52. The van der Waals surface area contributed by atoms with Gasteiger partial charge in [0.2, 0.25) is 0 Å². The molecule has 0 aliphatic rings. The molecular formula is C20H25N5O3. The molecule has 0 bridgehead atoms.